The van der Waals surface area contributed by atoms with Crippen molar-refractivity contribution in [2.75, 3.05) is 26.6 Å². The van der Waals surface area contributed by atoms with Crippen LogP contribution in [0.1, 0.15) is 65.9 Å². The van der Waals surface area contributed by atoms with Crippen LogP contribution in [0, 0.1) is 5.92 Å². The average molecular weight is 469 g/mol. The maximum Gasteiger partial charge on any atom is 0.340 e. The molecule has 1 N–H and O–H groups in total. The van der Waals surface area contributed by atoms with Crippen molar-refractivity contribution in [1.82, 2.24) is 4.98 Å². The fourth-order valence-electron chi connectivity index (χ4n) is 4.60. The zero-order valence-corrected chi connectivity index (χ0v) is 20.6. The Morgan fingerprint density at radius 2 is 1.88 bits per heavy atom. The molecule has 0 spiro atoms. The van der Waals surface area contributed by atoms with Gasteiger partial charge in [0, 0.05) is 24.1 Å². The van der Waals surface area contributed by atoms with Gasteiger partial charge in [0.25, 0.3) is 0 Å². The topological polar surface area (TPSA) is 69.7 Å². The van der Waals surface area contributed by atoms with E-state index in [0.29, 0.717) is 18.0 Å². The fourth-order valence-corrected chi connectivity index (χ4v) is 5.76. The van der Waals surface area contributed by atoms with E-state index in [9.17, 15) is 4.79 Å². The summed E-state index contributed by atoms with van der Waals surface area (Å²) in [5.74, 6) is 2.46. The standard InChI is InChI=1S/C26H32N2O4S/c1-5-16-6-8-17(9-7-16)25-28-22-13-20(26(29)32-4)21(14-24(22)33-25)27-15-18-10-11-19(30-2)12-23(18)31-3/h10-14,16-17,27H,5-9,15H2,1-4H3/t16-,17-. The molecule has 4 rings (SSSR count). The summed E-state index contributed by atoms with van der Waals surface area (Å²) in [7, 11) is 4.67. The Labute approximate surface area is 199 Å². The molecule has 0 atom stereocenters. The maximum absolute atomic E-state index is 12.5. The number of nitrogens with zero attached hydrogens (tertiary/aromatic N) is 1. The zero-order valence-electron chi connectivity index (χ0n) is 19.8. The molecular weight excluding hydrogens is 436 g/mol. The zero-order chi connectivity index (χ0) is 23.4. The number of hydrogen-bond donors (Lipinski definition) is 1. The van der Waals surface area contributed by atoms with Gasteiger partial charge in [-0.2, -0.15) is 0 Å². The molecule has 1 heterocycles. The van der Waals surface area contributed by atoms with Crippen molar-refractivity contribution in [1.29, 1.82) is 0 Å². The summed E-state index contributed by atoms with van der Waals surface area (Å²) in [6.45, 7) is 2.78. The lowest BCUT2D eigenvalue weighted by Crippen LogP contribution is -2.12. The van der Waals surface area contributed by atoms with E-state index in [1.807, 2.05) is 30.3 Å². The van der Waals surface area contributed by atoms with Gasteiger partial charge >= 0.3 is 5.97 Å². The molecule has 1 saturated carbocycles. The first-order valence-corrected chi connectivity index (χ1v) is 12.4. The Balaban J connectivity index is 1.61. The number of carbonyl (C=O) groups is 1. The third kappa shape index (κ3) is 5.08. The minimum Gasteiger partial charge on any atom is -0.497 e. The highest BCUT2D eigenvalue weighted by Crippen LogP contribution is 2.40. The van der Waals surface area contributed by atoms with E-state index in [4.69, 9.17) is 19.2 Å². The summed E-state index contributed by atoms with van der Waals surface area (Å²) in [6.07, 6.45) is 6.22. The molecule has 1 aromatic heterocycles. The van der Waals surface area contributed by atoms with Crippen molar-refractivity contribution in [3.05, 3.63) is 46.5 Å². The number of ether oxygens (including phenoxy) is 3. The molecule has 3 aromatic rings. The summed E-state index contributed by atoms with van der Waals surface area (Å²) in [4.78, 5) is 17.5. The average Bonchev–Trinajstić information content (AvgIpc) is 3.29. The number of rotatable bonds is 8. The van der Waals surface area contributed by atoms with E-state index in [1.165, 1.54) is 44.2 Å². The number of anilines is 1. The Kier molecular flexibility index (Phi) is 7.38. The molecule has 176 valence electrons. The van der Waals surface area contributed by atoms with Crippen LogP contribution in [-0.4, -0.2) is 32.3 Å². The minimum atomic E-state index is -0.376. The fraction of sp³-hybridized carbons (Fsp3) is 0.462. The van der Waals surface area contributed by atoms with Crippen molar-refractivity contribution in [3.8, 4) is 11.5 Å². The molecule has 0 aliphatic heterocycles. The molecule has 33 heavy (non-hydrogen) atoms. The lowest BCUT2D eigenvalue weighted by molar-refractivity contribution is 0.0602. The van der Waals surface area contributed by atoms with E-state index >= 15 is 0 Å². The quantitative estimate of drug-likeness (QED) is 0.386. The highest BCUT2D eigenvalue weighted by atomic mass is 32.1. The number of carbonyl (C=O) groups excluding carboxylic acids is 1. The Bertz CT molecular complexity index is 1120. The molecule has 0 bridgehead atoms. The smallest absolute Gasteiger partial charge is 0.340 e. The van der Waals surface area contributed by atoms with Crippen LogP contribution in [0.15, 0.2) is 30.3 Å². The van der Waals surface area contributed by atoms with Gasteiger partial charge in [0.05, 0.1) is 47.8 Å². The Hall–Kier alpha value is -2.80. The highest BCUT2D eigenvalue weighted by molar-refractivity contribution is 7.18. The summed E-state index contributed by atoms with van der Waals surface area (Å²) in [6, 6.07) is 9.58. The number of hydrogen-bond acceptors (Lipinski definition) is 7. The van der Waals surface area contributed by atoms with Crippen molar-refractivity contribution in [2.24, 2.45) is 5.92 Å². The number of thiazole rings is 1. The number of esters is 1. The first kappa shape index (κ1) is 23.4. The number of aromatic nitrogens is 1. The van der Waals surface area contributed by atoms with Gasteiger partial charge in [-0.15, -0.1) is 11.3 Å². The van der Waals surface area contributed by atoms with Crippen molar-refractivity contribution in [3.63, 3.8) is 0 Å². The molecule has 1 fully saturated rings. The van der Waals surface area contributed by atoms with Crippen LogP contribution in [-0.2, 0) is 11.3 Å². The number of methoxy groups -OCH3 is 3. The normalized spacial score (nSPS) is 18.2. The second kappa shape index (κ2) is 10.4. The van der Waals surface area contributed by atoms with E-state index in [-0.39, 0.29) is 5.97 Å². The van der Waals surface area contributed by atoms with Crippen LogP contribution < -0.4 is 14.8 Å². The number of benzene rings is 2. The van der Waals surface area contributed by atoms with Gasteiger partial charge in [-0.05, 0) is 55.9 Å². The van der Waals surface area contributed by atoms with Crippen LogP contribution >= 0.6 is 11.3 Å². The lowest BCUT2D eigenvalue weighted by atomic mass is 9.81. The SMILES string of the molecule is CC[C@H]1CC[C@H](c2nc3cc(C(=O)OC)c(NCc4ccc(OC)cc4OC)cc3s2)CC1. The second-order valence-electron chi connectivity index (χ2n) is 8.57. The van der Waals surface area contributed by atoms with Crippen molar-refractivity contribution in [2.45, 2.75) is 51.5 Å². The Morgan fingerprint density at radius 1 is 1.09 bits per heavy atom. The van der Waals surface area contributed by atoms with Crippen molar-refractivity contribution < 1.29 is 19.0 Å². The molecule has 0 amide bonds. The third-order valence-corrected chi connectivity index (χ3v) is 7.87. The largest absolute Gasteiger partial charge is 0.497 e. The molecule has 0 saturated heterocycles. The van der Waals surface area contributed by atoms with Crippen LogP contribution in [0.25, 0.3) is 10.2 Å². The molecule has 6 nitrogen and oxygen atoms in total. The number of fused-ring (bicyclic) bond motifs is 1. The van der Waals surface area contributed by atoms with Gasteiger partial charge in [-0.25, -0.2) is 9.78 Å². The minimum absolute atomic E-state index is 0.376. The molecule has 7 heteroatoms. The summed E-state index contributed by atoms with van der Waals surface area (Å²) in [5, 5.41) is 4.59. The first-order valence-electron chi connectivity index (χ1n) is 11.5. The van der Waals surface area contributed by atoms with Gasteiger partial charge in [0.2, 0.25) is 0 Å². The predicted octanol–water partition coefficient (Wildman–Crippen LogP) is 6.40. The molecule has 0 radical (unpaired) electrons. The Morgan fingerprint density at radius 3 is 2.55 bits per heavy atom. The second-order valence-corrected chi connectivity index (χ2v) is 9.63. The number of nitrogens with one attached hydrogen (secondary N) is 1. The monoisotopic (exact) mass is 468 g/mol. The van der Waals surface area contributed by atoms with Crippen molar-refractivity contribution >= 4 is 33.2 Å². The summed E-state index contributed by atoms with van der Waals surface area (Å²) < 4.78 is 16.9. The van der Waals surface area contributed by atoms with E-state index in [2.05, 4.69) is 12.2 Å². The van der Waals surface area contributed by atoms with Crippen LogP contribution in [0.4, 0.5) is 5.69 Å². The van der Waals surface area contributed by atoms with Gasteiger partial charge in [0.15, 0.2) is 0 Å². The molecule has 0 unspecified atom stereocenters. The van der Waals surface area contributed by atoms with Gasteiger partial charge in [-0.1, -0.05) is 13.3 Å². The molecule has 1 aliphatic rings. The van der Waals surface area contributed by atoms with Gasteiger partial charge < -0.3 is 19.5 Å². The van der Waals surface area contributed by atoms with Gasteiger partial charge in [-0.3, -0.25) is 0 Å². The summed E-state index contributed by atoms with van der Waals surface area (Å²) in [5.41, 5.74) is 3.05. The third-order valence-electron chi connectivity index (χ3n) is 6.69. The molecular formula is C26H32N2O4S. The maximum atomic E-state index is 12.5. The van der Waals surface area contributed by atoms with Crippen LogP contribution in [0.5, 0.6) is 11.5 Å². The van der Waals surface area contributed by atoms with E-state index in [0.717, 1.165) is 38.9 Å². The lowest BCUT2D eigenvalue weighted by Gasteiger charge is -2.26. The highest BCUT2D eigenvalue weighted by Gasteiger charge is 2.25. The van der Waals surface area contributed by atoms with Crippen LogP contribution in [0.2, 0.25) is 0 Å². The van der Waals surface area contributed by atoms with Gasteiger partial charge in [0.1, 0.15) is 11.5 Å². The molecule has 2 aromatic carbocycles. The van der Waals surface area contributed by atoms with E-state index in [1.54, 1.807) is 25.6 Å². The first-order chi connectivity index (χ1) is 16.1. The molecule has 1 aliphatic carbocycles. The van der Waals surface area contributed by atoms with E-state index < -0.39 is 0 Å². The predicted molar refractivity (Wildman–Crippen MR) is 133 cm³/mol. The summed E-state index contributed by atoms with van der Waals surface area (Å²) >= 11 is 1.74. The van der Waals surface area contributed by atoms with Crippen LogP contribution in [0.3, 0.4) is 0 Å².